The Morgan fingerprint density at radius 1 is 1.13 bits per heavy atom. The summed E-state index contributed by atoms with van der Waals surface area (Å²) in [6, 6.07) is 3.91. The SMILES string of the molecule is CCOC(=O)C(C)(C)Oc1c(C)cc(CN(CC(=O)NNC(=O)C2=CC=CCC2)Cc2ncco2)cc1C. The number of esters is 1. The number of aryl methyl sites for hydroxylation is 2. The molecule has 0 spiro atoms. The summed E-state index contributed by atoms with van der Waals surface area (Å²) in [5.74, 6) is -0.0609. The highest BCUT2D eigenvalue weighted by molar-refractivity contribution is 5.95. The van der Waals surface area contributed by atoms with Crippen molar-refractivity contribution in [3.05, 3.63) is 71.0 Å². The van der Waals surface area contributed by atoms with Crippen LogP contribution in [0, 0.1) is 13.8 Å². The van der Waals surface area contributed by atoms with Crippen molar-refractivity contribution in [2.75, 3.05) is 13.2 Å². The number of nitrogens with zero attached hydrogens (tertiary/aromatic N) is 2. The molecule has 1 aliphatic rings. The van der Waals surface area contributed by atoms with Crippen LogP contribution in [0.3, 0.4) is 0 Å². The number of hydrogen-bond donors (Lipinski definition) is 2. The molecule has 3 rings (SSSR count). The van der Waals surface area contributed by atoms with E-state index in [1.165, 1.54) is 6.26 Å². The molecule has 1 aliphatic carbocycles. The zero-order valence-electron chi connectivity index (χ0n) is 22.6. The minimum absolute atomic E-state index is 0.00610. The topological polar surface area (TPSA) is 123 Å². The highest BCUT2D eigenvalue weighted by Gasteiger charge is 2.32. The lowest BCUT2D eigenvalue weighted by atomic mass is 10.0. The van der Waals surface area contributed by atoms with Gasteiger partial charge in [0.25, 0.3) is 11.8 Å². The fourth-order valence-electron chi connectivity index (χ4n) is 4.08. The summed E-state index contributed by atoms with van der Waals surface area (Å²) >= 11 is 0. The molecule has 0 unspecified atom stereocenters. The second-order valence-electron chi connectivity index (χ2n) is 9.62. The van der Waals surface area contributed by atoms with E-state index in [-0.39, 0.29) is 31.5 Å². The van der Waals surface area contributed by atoms with Crippen LogP contribution in [0.25, 0.3) is 0 Å². The quantitative estimate of drug-likeness (QED) is 0.339. The third kappa shape index (κ3) is 8.04. The van der Waals surface area contributed by atoms with E-state index in [1.54, 1.807) is 33.0 Å². The Hall–Kier alpha value is -3.92. The molecule has 204 valence electrons. The molecule has 1 aromatic carbocycles. The standard InChI is InChI=1S/C28H36N4O6/c1-6-36-27(35)28(4,5)38-25-19(2)14-21(15-20(25)3)16-32(18-24-29-12-13-37-24)17-23(33)30-31-26(34)22-10-8-7-9-11-22/h7-8,10,12-15H,6,9,11,16-18H2,1-5H3,(H,30,33)(H,31,34). The molecule has 0 saturated carbocycles. The number of allylic oxidation sites excluding steroid dienone is 3. The van der Waals surface area contributed by atoms with Crippen LogP contribution < -0.4 is 15.6 Å². The van der Waals surface area contributed by atoms with E-state index in [4.69, 9.17) is 13.9 Å². The summed E-state index contributed by atoms with van der Waals surface area (Å²) < 4.78 is 16.6. The van der Waals surface area contributed by atoms with Crippen LogP contribution in [-0.2, 0) is 32.2 Å². The molecule has 10 nitrogen and oxygen atoms in total. The Morgan fingerprint density at radius 3 is 2.47 bits per heavy atom. The number of aromatic nitrogens is 1. The number of nitrogens with one attached hydrogen (secondary N) is 2. The lowest BCUT2D eigenvalue weighted by Crippen LogP contribution is -2.46. The molecule has 2 aromatic rings. The van der Waals surface area contributed by atoms with Gasteiger partial charge < -0.3 is 13.9 Å². The number of hydrogen-bond acceptors (Lipinski definition) is 8. The molecule has 2 N–H and O–H groups in total. The van der Waals surface area contributed by atoms with Gasteiger partial charge in [-0.2, -0.15) is 0 Å². The van der Waals surface area contributed by atoms with Crippen LogP contribution in [0.1, 0.15) is 56.2 Å². The molecule has 1 heterocycles. The monoisotopic (exact) mass is 524 g/mol. The van der Waals surface area contributed by atoms with Crippen molar-refractivity contribution in [3.8, 4) is 5.75 Å². The normalized spacial score (nSPS) is 13.2. The lowest BCUT2D eigenvalue weighted by molar-refractivity contribution is -0.158. The fourth-order valence-corrected chi connectivity index (χ4v) is 4.08. The Balaban J connectivity index is 1.69. The van der Waals surface area contributed by atoms with E-state index in [0.29, 0.717) is 30.2 Å². The van der Waals surface area contributed by atoms with Gasteiger partial charge in [0.15, 0.2) is 5.60 Å². The van der Waals surface area contributed by atoms with Gasteiger partial charge in [0, 0.05) is 12.1 Å². The molecule has 0 atom stereocenters. The second kappa shape index (κ2) is 13.0. The van der Waals surface area contributed by atoms with E-state index in [1.807, 2.05) is 43.0 Å². The number of ether oxygens (including phenoxy) is 2. The van der Waals surface area contributed by atoms with E-state index in [2.05, 4.69) is 15.8 Å². The maximum absolute atomic E-state index is 12.7. The number of benzene rings is 1. The maximum Gasteiger partial charge on any atom is 0.349 e. The first-order valence-electron chi connectivity index (χ1n) is 12.6. The van der Waals surface area contributed by atoms with Crippen LogP contribution >= 0.6 is 0 Å². The van der Waals surface area contributed by atoms with Crippen LogP contribution in [-0.4, -0.2) is 46.4 Å². The molecular weight excluding hydrogens is 488 g/mol. The number of carbonyl (C=O) groups excluding carboxylic acids is 3. The lowest BCUT2D eigenvalue weighted by Gasteiger charge is -2.27. The van der Waals surface area contributed by atoms with E-state index >= 15 is 0 Å². The average Bonchev–Trinajstić information content (AvgIpc) is 3.38. The van der Waals surface area contributed by atoms with Crippen molar-refractivity contribution in [2.24, 2.45) is 0 Å². The number of oxazole rings is 1. The summed E-state index contributed by atoms with van der Waals surface area (Å²) in [6.45, 7) is 9.88. The molecule has 0 fully saturated rings. The molecule has 38 heavy (non-hydrogen) atoms. The van der Waals surface area contributed by atoms with E-state index in [9.17, 15) is 14.4 Å². The Bertz CT molecular complexity index is 1180. The maximum atomic E-state index is 12.7. The van der Waals surface area contributed by atoms with Crippen molar-refractivity contribution in [3.63, 3.8) is 0 Å². The molecule has 0 saturated heterocycles. The number of hydrazine groups is 1. The molecule has 0 radical (unpaired) electrons. The highest BCUT2D eigenvalue weighted by atomic mass is 16.6. The van der Waals surface area contributed by atoms with Gasteiger partial charge in [0.2, 0.25) is 5.89 Å². The highest BCUT2D eigenvalue weighted by Crippen LogP contribution is 2.29. The van der Waals surface area contributed by atoms with E-state index in [0.717, 1.165) is 23.1 Å². The predicted molar refractivity (Wildman–Crippen MR) is 141 cm³/mol. The third-order valence-electron chi connectivity index (χ3n) is 5.88. The van der Waals surface area contributed by atoms with Gasteiger partial charge in [-0.15, -0.1) is 0 Å². The van der Waals surface area contributed by atoms with E-state index < -0.39 is 11.6 Å². The Labute approximate surface area is 223 Å². The van der Waals surface area contributed by atoms with Gasteiger partial charge in [0.05, 0.1) is 25.9 Å². The van der Waals surface area contributed by atoms with Crippen LogP contribution in [0.2, 0.25) is 0 Å². The number of rotatable bonds is 11. The molecule has 0 bridgehead atoms. The van der Waals surface area contributed by atoms with Gasteiger partial charge in [-0.3, -0.25) is 25.3 Å². The molecule has 1 aromatic heterocycles. The van der Waals surface area contributed by atoms with Crippen molar-refractivity contribution in [1.82, 2.24) is 20.7 Å². The first kappa shape index (κ1) is 28.6. The molecule has 2 amide bonds. The fraction of sp³-hybridized carbons (Fsp3) is 0.429. The Kier molecular flexibility index (Phi) is 9.84. The smallest absolute Gasteiger partial charge is 0.349 e. The van der Waals surface area contributed by atoms with Crippen molar-refractivity contribution in [1.29, 1.82) is 0 Å². The minimum Gasteiger partial charge on any atom is -0.476 e. The van der Waals surface area contributed by atoms with Crippen molar-refractivity contribution < 1.29 is 28.3 Å². The molecule has 0 aliphatic heterocycles. The average molecular weight is 525 g/mol. The van der Waals surface area contributed by atoms with Crippen molar-refractivity contribution >= 4 is 17.8 Å². The summed E-state index contributed by atoms with van der Waals surface area (Å²) in [5.41, 5.74) is 7.08. The Morgan fingerprint density at radius 2 is 1.87 bits per heavy atom. The summed E-state index contributed by atoms with van der Waals surface area (Å²) in [6.07, 6.45) is 10.0. The van der Waals surface area contributed by atoms with Crippen LogP contribution in [0.4, 0.5) is 0 Å². The second-order valence-corrected chi connectivity index (χ2v) is 9.62. The number of carbonyl (C=O) groups is 3. The molecule has 10 heteroatoms. The van der Waals surface area contributed by atoms with Gasteiger partial charge in [-0.05, 0) is 64.2 Å². The summed E-state index contributed by atoms with van der Waals surface area (Å²) in [4.78, 5) is 43.4. The largest absolute Gasteiger partial charge is 0.476 e. The first-order valence-corrected chi connectivity index (χ1v) is 12.6. The van der Waals surface area contributed by atoms with Gasteiger partial charge in [0.1, 0.15) is 12.0 Å². The van der Waals surface area contributed by atoms with Crippen molar-refractivity contribution in [2.45, 2.75) is 66.2 Å². The van der Waals surface area contributed by atoms with Crippen LogP contribution in [0.5, 0.6) is 5.75 Å². The summed E-state index contributed by atoms with van der Waals surface area (Å²) in [5, 5.41) is 0. The third-order valence-corrected chi connectivity index (χ3v) is 5.88. The first-order chi connectivity index (χ1) is 18.1. The van der Waals surface area contributed by atoms with Gasteiger partial charge >= 0.3 is 5.97 Å². The van der Waals surface area contributed by atoms with Gasteiger partial charge in [-0.25, -0.2) is 9.78 Å². The molecular formula is C28H36N4O6. The van der Waals surface area contributed by atoms with Crippen LogP contribution in [0.15, 0.2) is 52.8 Å². The zero-order valence-corrected chi connectivity index (χ0v) is 22.6. The van der Waals surface area contributed by atoms with Gasteiger partial charge in [-0.1, -0.05) is 30.4 Å². The zero-order chi connectivity index (χ0) is 27.7. The predicted octanol–water partition coefficient (Wildman–Crippen LogP) is 3.44. The summed E-state index contributed by atoms with van der Waals surface area (Å²) in [7, 11) is 0. The number of amides is 2. The minimum atomic E-state index is -1.14.